The van der Waals surface area contributed by atoms with E-state index in [2.05, 4.69) is 32.5 Å². The van der Waals surface area contributed by atoms with Crippen LogP contribution in [0.15, 0.2) is 40.2 Å². The zero-order chi connectivity index (χ0) is 18.1. The van der Waals surface area contributed by atoms with Gasteiger partial charge in [0.1, 0.15) is 0 Å². The quantitative estimate of drug-likeness (QED) is 0.159. The monoisotopic (exact) mass is 500 g/mol. The summed E-state index contributed by atoms with van der Waals surface area (Å²) < 4.78 is 25.3. The van der Waals surface area contributed by atoms with Crippen molar-refractivity contribution in [3.05, 3.63) is 30.3 Å². The van der Waals surface area contributed by atoms with Crippen molar-refractivity contribution in [2.75, 3.05) is 31.6 Å². The molecule has 0 atom stereocenters. The van der Waals surface area contributed by atoms with Gasteiger partial charge in [0, 0.05) is 29.3 Å². The molecule has 0 amide bonds. The van der Waals surface area contributed by atoms with Crippen molar-refractivity contribution in [1.82, 2.24) is 15.4 Å². The summed E-state index contributed by atoms with van der Waals surface area (Å²) in [5.41, 5.74) is -0.630. The number of nitrogens with one attached hydrogen (secondary N) is 3. The first-order chi connectivity index (χ1) is 11.2. The Bertz CT molecular complexity index is 622. The smallest absolute Gasteiger partial charge is 0.209 e. The molecule has 0 aliphatic heterocycles. The maximum atomic E-state index is 11.4. The second kappa shape index (κ2) is 12.0. The highest BCUT2D eigenvalue weighted by Crippen LogP contribution is 2.15. The summed E-state index contributed by atoms with van der Waals surface area (Å²) in [6.45, 7) is 7.48. The molecule has 0 radical (unpaired) electrons. The van der Waals surface area contributed by atoms with Gasteiger partial charge in [0.2, 0.25) is 10.0 Å². The zero-order valence-electron chi connectivity index (χ0n) is 15.2. The molecule has 0 spiro atoms. The lowest BCUT2D eigenvalue weighted by Crippen LogP contribution is -2.47. The van der Waals surface area contributed by atoms with Crippen molar-refractivity contribution in [2.24, 2.45) is 4.99 Å². The fourth-order valence-electron chi connectivity index (χ4n) is 2.01. The molecule has 0 saturated carbocycles. The van der Waals surface area contributed by atoms with Crippen LogP contribution in [-0.4, -0.2) is 51.6 Å². The van der Waals surface area contributed by atoms with Gasteiger partial charge in [0.15, 0.2) is 5.96 Å². The van der Waals surface area contributed by atoms with Crippen LogP contribution < -0.4 is 15.4 Å². The van der Waals surface area contributed by atoms with E-state index in [9.17, 15) is 8.42 Å². The van der Waals surface area contributed by atoms with Crippen LogP contribution in [0.2, 0.25) is 0 Å². The fraction of sp³-hybridized carbons (Fsp3) is 0.562. The first kappa shape index (κ1) is 24.5. The van der Waals surface area contributed by atoms with Crippen LogP contribution in [0.5, 0.6) is 0 Å². The molecular formula is C16H29IN4O2S2. The molecule has 3 N–H and O–H groups in total. The van der Waals surface area contributed by atoms with Crippen LogP contribution >= 0.6 is 35.7 Å². The average molecular weight is 500 g/mol. The molecule has 0 saturated heterocycles. The van der Waals surface area contributed by atoms with Crippen LogP contribution in [-0.2, 0) is 10.0 Å². The van der Waals surface area contributed by atoms with Gasteiger partial charge in [-0.3, -0.25) is 4.99 Å². The average Bonchev–Trinajstić information content (AvgIpc) is 2.48. The number of benzene rings is 1. The van der Waals surface area contributed by atoms with Crippen LogP contribution in [0, 0.1) is 0 Å². The Hall–Kier alpha value is -0.520. The van der Waals surface area contributed by atoms with Gasteiger partial charge in [-0.15, -0.1) is 35.7 Å². The van der Waals surface area contributed by atoms with E-state index in [4.69, 9.17) is 0 Å². The van der Waals surface area contributed by atoms with Gasteiger partial charge >= 0.3 is 0 Å². The fourth-order valence-corrected chi connectivity index (χ4v) is 3.87. The normalized spacial score (nSPS) is 12.4. The maximum Gasteiger partial charge on any atom is 0.209 e. The highest BCUT2D eigenvalue weighted by molar-refractivity contribution is 14.0. The summed E-state index contributed by atoms with van der Waals surface area (Å²) in [5.74, 6) is 1.61. The first-order valence-electron chi connectivity index (χ1n) is 7.91. The second-order valence-electron chi connectivity index (χ2n) is 6.04. The zero-order valence-corrected chi connectivity index (χ0v) is 19.2. The Morgan fingerprint density at radius 3 is 2.40 bits per heavy atom. The molecule has 0 aliphatic rings. The number of guanidine groups is 1. The van der Waals surface area contributed by atoms with Gasteiger partial charge in [0.25, 0.3) is 0 Å². The van der Waals surface area contributed by atoms with E-state index in [1.165, 1.54) is 4.90 Å². The third-order valence-corrected chi connectivity index (χ3v) is 4.78. The Morgan fingerprint density at radius 2 is 1.84 bits per heavy atom. The highest BCUT2D eigenvalue weighted by Gasteiger charge is 2.21. The number of hydrogen-bond acceptors (Lipinski definition) is 4. The number of rotatable bonds is 9. The van der Waals surface area contributed by atoms with Gasteiger partial charge in [0.05, 0.1) is 12.8 Å². The third kappa shape index (κ3) is 12.5. The van der Waals surface area contributed by atoms with Crippen molar-refractivity contribution in [3.8, 4) is 0 Å². The molecular weight excluding hydrogens is 471 g/mol. The summed E-state index contributed by atoms with van der Waals surface area (Å²) in [7, 11) is -3.26. The van der Waals surface area contributed by atoms with Gasteiger partial charge in [-0.25, -0.2) is 13.1 Å². The molecule has 0 heterocycles. The van der Waals surface area contributed by atoms with Crippen molar-refractivity contribution < 1.29 is 8.42 Å². The molecule has 9 heteroatoms. The molecule has 0 bridgehead atoms. The topological polar surface area (TPSA) is 82.6 Å². The van der Waals surface area contributed by atoms with Gasteiger partial charge in [-0.1, -0.05) is 18.2 Å². The van der Waals surface area contributed by atoms with Gasteiger partial charge in [-0.05, 0) is 32.9 Å². The third-order valence-electron chi connectivity index (χ3n) is 2.84. The van der Waals surface area contributed by atoms with E-state index in [1.54, 1.807) is 11.8 Å². The lowest BCUT2D eigenvalue weighted by Gasteiger charge is -2.23. The highest BCUT2D eigenvalue weighted by atomic mass is 127. The van der Waals surface area contributed by atoms with Gasteiger partial charge < -0.3 is 10.6 Å². The Labute approximate surface area is 173 Å². The minimum absolute atomic E-state index is 0. The number of sulfonamides is 1. The second-order valence-corrected chi connectivity index (χ2v) is 8.96. The molecule has 0 aliphatic carbocycles. The lowest BCUT2D eigenvalue weighted by atomic mass is 10.1. The van der Waals surface area contributed by atoms with Crippen LogP contribution in [0.1, 0.15) is 20.8 Å². The predicted molar refractivity (Wildman–Crippen MR) is 119 cm³/mol. The molecule has 1 aromatic carbocycles. The van der Waals surface area contributed by atoms with Crippen molar-refractivity contribution >= 4 is 51.7 Å². The number of thioether (sulfide) groups is 1. The summed E-state index contributed by atoms with van der Waals surface area (Å²) in [5, 5.41) is 6.44. The summed E-state index contributed by atoms with van der Waals surface area (Å²) in [4.78, 5) is 5.71. The molecule has 25 heavy (non-hydrogen) atoms. The number of hydrogen-bond donors (Lipinski definition) is 3. The minimum atomic E-state index is -3.26. The molecule has 0 unspecified atom stereocenters. The van der Waals surface area contributed by atoms with Gasteiger partial charge in [-0.2, -0.15) is 0 Å². The molecule has 1 aromatic rings. The van der Waals surface area contributed by atoms with Crippen molar-refractivity contribution in [1.29, 1.82) is 0 Å². The number of nitrogens with zero attached hydrogens (tertiary/aromatic N) is 1. The maximum absolute atomic E-state index is 11.4. The predicted octanol–water partition coefficient (Wildman–Crippen LogP) is 2.28. The van der Waals surface area contributed by atoms with Crippen molar-refractivity contribution in [2.45, 2.75) is 31.2 Å². The summed E-state index contributed by atoms with van der Waals surface area (Å²) in [6.07, 6.45) is 1.16. The number of halogens is 1. The molecule has 0 aromatic heterocycles. The van der Waals surface area contributed by atoms with E-state index >= 15 is 0 Å². The van der Waals surface area contributed by atoms with E-state index in [0.717, 1.165) is 25.1 Å². The number of aliphatic imine (C=N–C) groups is 1. The Balaban J connectivity index is 0.00000576. The first-order valence-corrected chi connectivity index (χ1v) is 10.8. The Kier molecular flexibility index (Phi) is 11.7. The molecule has 1 rings (SSSR count). The molecule has 144 valence electrons. The minimum Gasteiger partial charge on any atom is -0.357 e. The standard InChI is InChI=1S/C16H28N4O2S2.HI/c1-5-17-15(19-13-16(2,3)20-24(4,21)22)18-11-12-23-14-9-7-6-8-10-14;/h6-10,20H,5,11-13H2,1-4H3,(H2,17,18,19);1H. The molecule has 6 nitrogen and oxygen atoms in total. The van der Waals surface area contributed by atoms with Crippen LogP contribution in [0.3, 0.4) is 0 Å². The van der Waals surface area contributed by atoms with E-state index in [0.29, 0.717) is 12.5 Å². The molecule has 0 fully saturated rings. The lowest BCUT2D eigenvalue weighted by molar-refractivity contribution is 0.464. The van der Waals surface area contributed by atoms with E-state index in [1.807, 2.05) is 39.0 Å². The van der Waals surface area contributed by atoms with E-state index < -0.39 is 15.6 Å². The van der Waals surface area contributed by atoms with E-state index in [-0.39, 0.29) is 24.0 Å². The Morgan fingerprint density at radius 1 is 1.20 bits per heavy atom. The van der Waals surface area contributed by atoms with Crippen LogP contribution in [0.25, 0.3) is 0 Å². The summed E-state index contributed by atoms with van der Waals surface area (Å²) in [6, 6.07) is 10.2. The summed E-state index contributed by atoms with van der Waals surface area (Å²) >= 11 is 1.78. The van der Waals surface area contributed by atoms with Crippen LogP contribution in [0.4, 0.5) is 0 Å². The van der Waals surface area contributed by atoms with Crippen molar-refractivity contribution in [3.63, 3.8) is 0 Å². The largest absolute Gasteiger partial charge is 0.357 e. The SMILES string of the molecule is CCNC(=NCC(C)(C)NS(C)(=O)=O)NCCSc1ccccc1.I.